The van der Waals surface area contributed by atoms with E-state index in [1.165, 1.54) is 0 Å². The number of carbonyl (C=O) groups excluding carboxylic acids is 1. The normalized spacial score (nSPS) is 19.0. The van der Waals surface area contributed by atoms with Gasteiger partial charge in [0.05, 0.1) is 18.8 Å². The highest BCUT2D eigenvalue weighted by atomic mass is 16.6. The van der Waals surface area contributed by atoms with Crippen LogP contribution in [0.1, 0.15) is 40.0 Å². The zero-order chi connectivity index (χ0) is 20.6. The van der Waals surface area contributed by atoms with Crippen molar-refractivity contribution in [2.75, 3.05) is 38.2 Å². The molecule has 0 radical (unpaired) electrons. The fourth-order valence-electron chi connectivity index (χ4n) is 4.31. The molecule has 0 N–H and O–H groups in total. The largest absolute Gasteiger partial charge is 0.481 e. The van der Waals surface area contributed by atoms with Gasteiger partial charge in [-0.1, -0.05) is 0 Å². The lowest BCUT2D eigenvalue weighted by atomic mass is 9.78. The molecular formula is C21H29N5O3. The lowest BCUT2D eigenvalue weighted by Gasteiger charge is -2.40. The van der Waals surface area contributed by atoms with Crippen molar-refractivity contribution in [1.82, 2.24) is 19.9 Å². The first-order valence-corrected chi connectivity index (χ1v) is 10.2. The summed E-state index contributed by atoms with van der Waals surface area (Å²) in [5.74, 6) is 1.48. The fraction of sp³-hybridized carbons (Fsp3) is 0.619. The number of anilines is 1. The average Bonchev–Trinajstić information content (AvgIpc) is 3.10. The van der Waals surface area contributed by atoms with Crippen LogP contribution < -0.4 is 9.64 Å². The molecule has 0 saturated carbocycles. The van der Waals surface area contributed by atoms with Gasteiger partial charge in [0.15, 0.2) is 0 Å². The summed E-state index contributed by atoms with van der Waals surface area (Å²) < 4.78 is 10.8. The number of likely N-dealkylation sites (tertiary alicyclic amines) is 1. The van der Waals surface area contributed by atoms with Crippen LogP contribution in [0.15, 0.2) is 18.6 Å². The van der Waals surface area contributed by atoms with E-state index in [9.17, 15) is 4.79 Å². The predicted molar refractivity (Wildman–Crippen MR) is 110 cm³/mol. The Kier molecular flexibility index (Phi) is 4.96. The van der Waals surface area contributed by atoms with Crippen molar-refractivity contribution in [3.05, 3.63) is 18.6 Å². The number of rotatable bonds is 2. The van der Waals surface area contributed by atoms with Crippen LogP contribution in [0.4, 0.5) is 10.6 Å². The molecule has 29 heavy (non-hydrogen) atoms. The van der Waals surface area contributed by atoms with E-state index in [1.807, 2.05) is 31.7 Å². The Morgan fingerprint density at radius 2 is 1.83 bits per heavy atom. The predicted octanol–water partition coefficient (Wildman–Crippen LogP) is 3.26. The monoisotopic (exact) mass is 399 g/mol. The maximum absolute atomic E-state index is 12.4. The van der Waals surface area contributed by atoms with Gasteiger partial charge >= 0.3 is 6.09 Å². The highest BCUT2D eigenvalue weighted by molar-refractivity contribution is 5.89. The Balaban J connectivity index is 1.45. The minimum Gasteiger partial charge on any atom is -0.481 e. The topological polar surface area (TPSA) is 80.7 Å². The molecule has 0 aromatic carbocycles. The van der Waals surface area contributed by atoms with Crippen LogP contribution in [0.3, 0.4) is 0 Å². The standard InChI is InChI=1S/C21H29N5O3/c1-20(2,3)29-19(27)26-10-7-21(13-26)5-8-25(9-6-21)18-15-11-17(28-4)22-12-16(15)23-14-24-18/h11-12,14H,5-10,13H2,1-4H3. The van der Waals surface area contributed by atoms with Crippen molar-refractivity contribution in [2.24, 2.45) is 5.41 Å². The minimum atomic E-state index is -0.458. The molecule has 0 atom stereocenters. The molecule has 156 valence electrons. The van der Waals surface area contributed by atoms with Crippen LogP contribution in [-0.2, 0) is 4.74 Å². The van der Waals surface area contributed by atoms with Crippen molar-refractivity contribution in [1.29, 1.82) is 0 Å². The third kappa shape index (κ3) is 4.06. The van der Waals surface area contributed by atoms with Crippen LogP contribution in [-0.4, -0.2) is 64.8 Å². The number of aromatic nitrogens is 3. The quantitative estimate of drug-likeness (QED) is 0.767. The molecule has 8 nitrogen and oxygen atoms in total. The first-order valence-electron chi connectivity index (χ1n) is 10.2. The van der Waals surface area contributed by atoms with Gasteiger partial charge in [-0.25, -0.2) is 19.7 Å². The lowest BCUT2D eigenvalue weighted by Crippen LogP contribution is -2.43. The molecule has 8 heteroatoms. The summed E-state index contributed by atoms with van der Waals surface area (Å²) in [5.41, 5.74) is 0.531. The third-order valence-electron chi connectivity index (χ3n) is 5.90. The Morgan fingerprint density at radius 3 is 2.52 bits per heavy atom. The Morgan fingerprint density at radius 1 is 1.10 bits per heavy atom. The van der Waals surface area contributed by atoms with Crippen molar-refractivity contribution in [3.8, 4) is 5.88 Å². The van der Waals surface area contributed by atoms with Crippen molar-refractivity contribution >= 4 is 22.8 Å². The van der Waals surface area contributed by atoms with E-state index in [-0.39, 0.29) is 11.5 Å². The van der Waals surface area contributed by atoms with Gasteiger partial charge in [-0.2, -0.15) is 0 Å². The number of methoxy groups -OCH3 is 1. The lowest BCUT2D eigenvalue weighted by molar-refractivity contribution is 0.0266. The van der Waals surface area contributed by atoms with Crippen molar-refractivity contribution in [2.45, 2.75) is 45.6 Å². The number of pyridine rings is 1. The number of hydrogen-bond donors (Lipinski definition) is 0. The smallest absolute Gasteiger partial charge is 0.410 e. The van der Waals surface area contributed by atoms with Gasteiger partial charge in [-0.15, -0.1) is 0 Å². The third-order valence-corrected chi connectivity index (χ3v) is 5.90. The van der Waals surface area contributed by atoms with Gasteiger partial charge in [0.25, 0.3) is 0 Å². The summed E-state index contributed by atoms with van der Waals surface area (Å²) in [7, 11) is 1.61. The molecular weight excluding hydrogens is 370 g/mol. The molecule has 1 spiro atoms. The van der Waals surface area contributed by atoms with Crippen LogP contribution in [0.2, 0.25) is 0 Å². The van der Waals surface area contributed by atoms with Gasteiger partial charge in [0.2, 0.25) is 5.88 Å². The maximum atomic E-state index is 12.4. The molecule has 2 aliphatic rings. The van der Waals surface area contributed by atoms with E-state index >= 15 is 0 Å². The Labute approximate surface area is 171 Å². The van der Waals surface area contributed by atoms with E-state index in [0.29, 0.717) is 5.88 Å². The second kappa shape index (κ2) is 7.31. The van der Waals surface area contributed by atoms with Crippen LogP contribution in [0.5, 0.6) is 5.88 Å². The molecule has 1 amide bonds. The number of nitrogens with zero attached hydrogens (tertiary/aromatic N) is 5. The fourth-order valence-corrected chi connectivity index (χ4v) is 4.31. The van der Waals surface area contributed by atoms with Gasteiger partial charge in [0.1, 0.15) is 17.7 Å². The zero-order valence-electron chi connectivity index (χ0n) is 17.6. The van der Waals surface area contributed by atoms with Crippen molar-refractivity contribution < 1.29 is 14.3 Å². The van der Waals surface area contributed by atoms with Crippen LogP contribution >= 0.6 is 0 Å². The SMILES string of the molecule is COc1cc2c(N3CCC4(CCN(C(=O)OC(C)(C)C)C4)CC3)ncnc2cn1. The second-order valence-corrected chi connectivity index (χ2v) is 9.08. The molecule has 2 fully saturated rings. The van der Waals surface area contributed by atoms with Crippen molar-refractivity contribution in [3.63, 3.8) is 0 Å². The number of fused-ring (bicyclic) bond motifs is 1. The number of amides is 1. The average molecular weight is 399 g/mol. The van der Waals surface area contributed by atoms with E-state index in [4.69, 9.17) is 9.47 Å². The summed E-state index contributed by atoms with van der Waals surface area (Å²) in [6, 6.07) is 1.90. The molecule has 2 aliphatic heterocycles. The van der Waals surface area contributed by atoms with Crippen LogP contribution in [0, 0.1) is 5.41 Å². The Bertz CT molecular complexity index is 903. The van der Waals surface area contributed by atoms with Gasteiger partial charge < -0.3 is 19.3 Å². The highest BCUT2D eigenvalue weighted by Gasteiger charge is 2.43. The molecule has 0 bridgehead atoms. The molecule has 4 heterocycles. The maximum Gasteiger partial charge on any atom is 0.410 e. The van der Waals surface area contributed by atoms with E-state index in [1.54, 1.807) is 19.6 Å². The summed E-state index contributed by atoms with van der Waals surface area (Å²) in [6.07, 6.45) is 6.21. The number of ether oxygens (including phenoxy) is 2. The summed E-state index contributed by atoms with van der Waals surface area (Å²) in [5, 5.41) is 0.956. The first kappa shape index (κ1) is 19.7. The molecule has 2 aromatic rings. The molecule has 0 unspecified atom stereocenters. The minimum absolute atomic E-state index is 0.176. The van der Waals surface area contributed by atoms with Gasteiger partial charge in [-0.3, -0.25) is 0 Å². The molecule has 4 rings (SSSR count). The number of hydrogen-bond acceptors (Lipinski definition) is 7. The van der Waals surface area contributed by atoms with Crippen LogP contribution in [0.25, 0.3) is 10.9 Å². The molecule has 2 saturated heterocycles. The number of piperidine rings is 1. The van der Waals surface area contributed by atoms with Gasteiger partial charge in [0, 0.05) is 37.6 Å². The summed E-state index contributed by atoms with van der Waals surface area (Å²) >= 11 is 0. The second-order valence-electron chi connectivity index (χ2n) is 9.08. The molecule has 2 aromatic heterocycles. The summed E-state index contributed by atoms with van der Waals surface area (Å²) in [6.45, 7) is 9.08. The zero-order valence-corrected chi connectivity index (χ0v) is 17.6. The summed E-state index contributed by atoms with van der Waals surface area (Å²) in [4.78, 5) is 29.7. The Hall–Kier alpha value is -2.64. The van der Waals surface area contributed by atoms with E-state index in [2.05, 4.69) is 19.9 Å². The first-order chi connectivity index (χ1) is 13.8. The highest BCUT2D eigenvalue weighted by Crippen LogP contribution is 2.42. The number of carbonyl (C=O) groups is 1. The van der Waals surface area contributed by atoms with E-state index in [0.717, 1.165) is 62.2 Å². The molecule has 0 aliphatic carbocycles. The van der Waals surface area contributed by atoms with E-state index < -0.39 is 5.60 Å². The van der Waals surface area contributed by atoms with Gasteiger partial charge in [-0.05, 0) is 45.4 Å².